The Morgan fingerprint density at radius 2 is 2.16 bits per heavy atom. The fourth-order valence-electron chi connectivity index (χ4n) is 2.45. The van der Waals surface area contributed by atoms with Gasteiger partial charge in [-0.05, 0) is 0 Å². The van der Waals surface area contributed by atoms with Gasteiger partial charge in [0.25, 0.3) is 0 Å². The van der Waals surface area contributed by atoms with Crippen LogP contribution in [0.1, 0.15) is 5.56 Å². The van der Waals surface area contributed by atoms with Gasteiger partial charge in [-0.15, -0.1) is 0 Å². The maximum Gasteiger partial charge on any atom is 0.231 e. The maximum absolute atomic E-state index is 14.4. The van der Waals surface area contributed by atoms with E-state index in [0.717, 1.165) is 26.2 Å². The van der Waals surface area contributed by atoms with Gasteiger partial charge in [-0.1, -0.05) is 0 Å². The SMILES string of the molecule is COc1cc2c(c(CN3CCNCC3)c1F)OCO2. The van der Waals surface area contributed by atoms with Crippen LogP contribution in [-0.2, 0) is 6.54 Å². The minimum absolute atomic E-state index is 0.135. The number of hydrogen-bond acceptors (Lipinski definition) is 5. The Morgan fingerprint density at radius 1 is 1.37 bits per heavy atom. The van der Waals surface area contributed by atoms with E-state index in [0.29, 0.717) is 23.6 Å². The van der Waals surface area contributed by atoms with E-state index in [1.54, 1.807) is 6.07 Å². The van der Waals surface area contributed by atoms with E-state index in [9.17, 15) is 4.39 Å². The van der Waals surface area contributed by atoms with E-state index in [4.69, 9.17) is 14.2 Å². The van der Waals surface area contributed by atoms with E-state index >= 15 is 0 Å². The molecule has 0 bridgehead atoms. The monoisotopic (exact) mass is 268 g/mol. The molecule has 2 heterocycles. The van der Waals surface area contributed by atoms with Crippen molar-refractivity contribution >= 4 is 0 Å². The zero-order valence-electron chi connectivity index (χ0n) is 10.9. The maximum atomic E-state index is 14.4. The van der Waals surface area contributed by atoms with Crippen LogP contribution in [0.25, 0.3) is 0 Å². The number of rotatable bonds is 3. The molecule has 19 heavy (non-hydrogen) atoms. The number of halogens is 1. The zero-order valence-corrected chi connectivity index (χ0v) is 10.9. The molecule has 1 fully saturated rings. The number of ether oxygens (including phenoxy) is 3. The molecular weight excluding hydrogens is 251 g/mol. The van der Waals surface area contributed by atoms with Crippen LogP contribution in [0.3, 0.4) is 0 Å². The number of fused-ring (bicyclic) bond motifs is 1. The van der Waals surface area contributed by atoms with Gasteiger partial charge in [-0.2, -0.15) is 0 Å². The fraction of sp³-hybridized carbons (Fsp3) is 0.538. The summed E-state index contributed by atoms with van der Waals surface area (Å²) in [5.41, 5.74) is 0.522. The quantitative estimate of drug-likeness (QED) is 0.885. The van der Waals surface area contributed by atoms with Crippen LogP contribution < -0.4 is 19.5 Å². The summed E-state index contributed by atoms with van der Waals surface area (Å²) in [5, 5.41) is 3.27. The van der Waals surface area contributed by atoms with Crippen molar-refractivity contribution in [1.82, 2.24) is 10.2 Å². The van der Waals surface area contributed by atoms with Crippen LogP contribution in [0, 0.1) is 5.82 Å². The molecule has 5 nitrogen and oxygen atoms in total. The van der Waals surface area contributed by atoms with E-state index in [2.05, 4.69) is 10.2 Å². The average molecular weight is 268 g/mol. The Bertz CT molecular complexity index is 475. The third kappa shape index (κ3) is 2.33. The highest BCUT2D eigenvalue weighted by molar-refractivity contribution is 5.54. The first-order valence-electron chi connectivity index (χ1n) is 6.37. The van der Waals surface area contributed by atoms with Crippen molar-refractivity contribution in [1.29, 1.82) is 0 Å². The highest BCUT2D eigenvalue weighted by atomic mass is 19.1. The number of piperazine rings is 1. The first-order valence-corrected chi connectivity index (χ1v) is 6.37. The standard InChI is InChI=1S/C13H17FN2O3/c1-17-10-6-11-13(19-8-18-11)9(12(10)14)7-16-4-2-15-3-5-16/h6,15H,2-5,7-8H2,1H3. The summed E-state index contributed by atoms with van der Waals surface area (Å²) < 4.78 is 30.2. The summed E-state index contributed by atoms with van der Waals surface area (Å²) in [7, 11) is 1.45. The predicted octanol–water partition coefficient (Wildman–Crippen LogP) is 0.968. The second-order valence-corrected chi connectivity index (χ2v) is 4.63. The smallest absolute Gasteiger partial charge is 0.231 e. The van der Waals surface area contributed by atoms with Gasteiger partial charge in [-0.3, -0.25) is 4.90 Å². The number of methoxy groups -OCH3 is 1. The molecule has 2 aliphatic rings. The molecule has 0 aromatic heterocycles. The van der Waals surface area contributed by atoms with Crippen molar-refractivity contribution in [2.24, 2.45) is 0 Å². The second-order valence-electron chi connectivity index (χ2n) is 4.63. The number of benzene rings is 1. The molecule has 0 aliphatic carbocycles. The fourth-order valence-corrected chi connectivity index (χ4v) is 2.45. The van der Waals surface area contributed by atoms with Gasteiger partial charge in [0.05, 0.1) is 12.7 Å². The Balaban J connectivity index is 1.92. The zero-order chi connectivity index (χ0) is 13.2. The summed E-state index contributed by atoms with van der Waals surface area (Å²) in [6, 6.07) is 1.54. The van der Waals surface area contributed by atoms with Gasteiger partial charge < -0.3 is 19.5 Å². The van der Waals surface area contributed by atoms with Crippen LogP contribution in [0.2, 0.25) is 0 Å². The molecule has 104 valence electrons. The molecule has 1 aromatic rings. The van der Waals surface area contributed by atoms with E-state index in [1.807, 2.05) is 0 Å². The van der Waals surface area contributed by atoms with Crippen molar-refractivity contribution in [3.8, 4) is 17.2 Å². The van der Waals surface area contributed by atoms with Gasteiger partial charge in [0.15, 0.2) is 23.1 Å². The summed E-state index contributed by atoms with van der Waals surface area (Å²) >= 11 is 0. The molecule has 0 radical (unpaired) electrons. The lowest BCUT2D eigenvalue weighted by Crippen LogP contribution is -2.43. The lowest BCUT2D eigenvalue weighted by molar-refractivity contribution is 0.170. The summed E-state index contributed by atoms with van der Waals surface area (Å²) in [6.07, 6.45) is 0. The Labute approximate surface area is 111 Å². The number of nitrogens with zero attached hydrogens (tertiary/aromatic N) is 1. The molecule has 0 atom stereocenters. The van der Waals surface area contributed by atoms with E-state index in [1.165, 1.54) is 7.11 Å². The van der Waals surface area contributed by atoms with Crippen LogP contribution >= 0.6 is 0 Å². The molecule has 0 unspecified atom stereocenters. The molecule has 1 saturated heterocycles. The van der Waals surface area contributed by atoms with Crippen LogP contribution in [0.5, 0.6) is 17.2 Å². The predicted molar refractivity (Wildman–Crippen MR) is 67.2 cm³/mol. The molecule has 1 aromatic carbocycles. The molecule has 0 spiro atoms. The van der Waals surface area contributed by atoms with Crippen molar-refractivity contribution in [3.63, 3.8) is 0 Å². The van der Waals surface area contributed by atoms with Crippen molar-refractivity contribution in [2.45, 2.75) is 6.54 Å². The third-order valence-corrected chi connectivity index (χ3v) is 3.47. The van der Waals surface area contributed by atoms with Crippen molar-refractivity contribution < 1.29 is 18.6 Å². The largest absolute Gasteiger partial charge is 0.494 e. The van der Waals surface area contributed by atoms with E-state index < -0.39 is 0 Å². The Kier molecular flexibility index (Phi) is 3.44. The molecule has 0 saturated carbocycles. The Hall–Kier alpha value is -1.53. The van der Waals surface area contributed by atoms with Gasteiger partial charge in [0.2, 0.25) is 6.79 Å². The third-order valence-electron chi connectivity index (χ3n) is 3.47. The topological polar surface area (TPSA) is 43.0 Å². The molecule has 6 heteroatoms. The minimum atomic E-state index is -0.356. The summed E-state index contributed by atoms with van der Waals surface area (Å²) in [5.74, 6) is 0.917. The average Bonchev–Trinajstić information content (AvgIpc) is 2.91. The molecular formula is C13H17FN2O3. The highest BCUT2D eigenvalue weighted by Gasteiger charge is 2.26. The molecule has 0 amide bonds. The van der Waals surface area contributed by atoms with Crippen LogP contribution in [0.15, 0.2) is 6.07 Å². The number of nitrogens with one attached hydrogen (secondary N) is 1. The normalized spacial score (nSPS) is 18.6. The summed E-state index contributed by atoms with van der Waals surface area (Å²) in [6.45, 7) is 4.28. The second kappa shape index (κ2) is 5.22. The first kappa shape index (κ1) is 12.5. The number of hydrogen-bond donors (Lipinski definition) is 1. The van der Waals surface area contributed by atoms with Crippen LogP contribution in [-0.4, -0.2) is 45.0 Å². The van der Waals surface area contributed by atoms with Gasteiger partial charge in [0, 0.05) is 38.8 Å². The van der Waals surface area contributed by atoms with E-state index in [-0.39, 0.29) is 18.4 Å². The summed E-state index contributed by atoms with van der Waals surface area (Å²) in [4.78, 5) is 2.19. The highest BCUT2D eigenvalue weighted by Crippen LogP contribution is 2.42. The lowest BCUT2D eigenvalue weighted by Gasteiger charge is -2.27. The molecule has 1 N–H and O–H groups in total. The molecule has 3 rings (SSSR count). The van der Waals surface area contributed by atoms with Crippen molar-refractivity contribution in [3.05, 3.63) is 17.4 Å². The van der Waals surface area contributed by atoms with Gasteiger partial charge in [0.1, 0.15) is 0 Å². The van der Waals surface area contributed by atoms with Crippen molar-refractivity contribution in [2.75, 3.05) is 40.1 Å². The first-order chi connectivity index (χ1) is 9.29. The lowest BCUT2D eigenvalue weighted by atomic mass is 10.1. The van der Waals surface area contributed by atoms with Gasteiger partial charge in [-0.25, -0.2) is 4.39 Å². The van der Waals surface area contributed by atoms with Gasteiger partial charge >= 0.3 is 0 Å². The molecule has 2 aliphatic heterocycles. The van der Waals surface area contributed by atoms with Crippen LogP contribution in [0.4, 0.5) is 4.39 Å². The minimum Gasteiger partial charge on any atom is -0.494 e. The Morgan fingerprint density at radius 3 is 2.89 bits per heavy atom.